The summed E-state index contributed by atoms with van der Waals surface area (Å²) in [4.78, 5) is 13.7. The number of carbonyl (C=O) groups excluding carboxylic acids is 1. The number of nitrogens with zero attached hydrogens (tertiary/aromatic N) is 3. The number of amides is 1. The summed E-state index contributed by atoms with van der Waals surface area (Å²) in [5.41, 5.74) is 2.91. The van der Waals surface area contributed by atoms with Gasteiger partial charge in [0.1, 0.15) is 39.1 Å². The van der Waals surface area contributed by atoms with Gasteiger partial charge in [-0.25, -0.2) is 21.6 Å². The van der Waals surface area contributed by atoms with E-state index in [1.54, 1.807) is 77.8 Å². The van der Waals surface area contributed by atoms with E-state index in [9.17, 15) is 21.6 Å². The summed E-state index contributed by atoms with van der Waals surface area (Å²) in [5, 5.41) is 2.00. The number of hydrogen-bond acceptors (Lipinski definition) is 11. The number of nitrogens with one attached hydrogen (secondary N) is 1. The van der Waals surface area contributed by atoms with Crippen LogP contribution >= 0.6 is 0 Å². The minimum atomic E-state index is -3.68. The summed E-state index contributed by atoms with van der Waals surface area (Å²) >= 11 is 0. The summed E-state index contributed by atoms with van der Waals surface area (Å²) in [6.07, 6.45) is -0.495. The fourth-order valence-corrected chi connectivity index (χ4v) is 9.76. The molecule has 2 aliphatic rings. The molecule has 0 aromatic heterocycles. The molecule has 0 saturated carbocycles. The number of sulfonamides is 2. The Hall–Kier alpha value is -4.87. The Morgan fingerprint density at radius 2 is 0.847 bits per heavy atom. The minimum absolute atomic E-state index is 0.110. The van der Waals surface area contributed by atoms with Crippen LogP contribution in [-0.2, 0) is 51.0 Å². The van der Waals surface area contributed by atoms with Gasteiger partial charge in [0.25, 0.3) is 0 Å². The van der Waals surface area contributed by atoms with Gasteiger partial charge in [-0.2, -0.15) is 8.61 Å². The highest BCUT2D eigenvalue weighted by atomic mass is 32.2. The van der Waals surface area contributed by atoms with Gasteiger partial charge in [-0.1, -0.05) is 48.5 Å². The molecule has 0 bridgehead atoms. The van der Waals surface area contributed by atoms with Crippen LogP contribution in [-0.4, -0.2) is 107 Å². The highest BCUT2D eigenvalue weighted by Crippen LogP contribution is 2.27. The number of rotatable bonds is 16. The molecule has 0 atom stereocenters. The van der Waals surface area contributed by atoms with Crippen molar-refractivity contribution in [3.63, 3.8) is 0 Å². The lowest BCUT2D eigenvalue weighted by Gasteiger charge is -2.41. The van der Waals surface area contributed by atoms with Crippen LogP contribution in [0.5, 0.6) is 23.0 Å². The monoisotopic (exact) mass is 852 g/mol. The SMILES string of the molecule is COc1ccc(CN(Cc2ccc(OC)cc2)S(=O)(=O)C2CN(C(=O)OC(C)(C)C)C2)cc1.COc1ccc(CN(Cc2ccc(OC)cc2)S(=O)(=O)C2CNC2)cc1. The molecule has 2 heterocycles. The van der Waals surface area contributed by atoms with E-state index in [1.165, 1.54) is 9.21 Å². The average Bonchev–Trinajstić information content (AvgIpc) is 3.16. The summed E-state index contributed by atoms with van der Waals surface area (Å²) in [6, 6.07) is 29.6. The first-order valence-corrected chi connectivity index (χ1v) is 22.2. The van der Waals surface area contributed by atoms with E-state index in [0.29, 0.717) is 37.7 Å². The Bertz CT molecular complexity index is 2070. The van der Waals surface area contributed by atoms with Gasteiger partial charge in [-0.05, 0) is 91.6 Å². The lowest BCUT2D eigenvalue weighted by atomic mass is 10.2. The van der Waals surface area contributed by atoms with Crippen molar-refractivity contribution in [3.05, 3.63) is 119 Å². The zero-order valence-corrected chi connectivity index (χ0v) is 36.4. The van der Waals surface area contributed by atoms with Crippen molar-refractivity contribution in [2.45, 2.75) is 63.1 Å². The van der Waals surface area contributed by atoms with Crippen molar-refractivity contribution in [3.8, 4) is 23.0 Å². The van der Waals surface area contributed by atoms with Crippen molar-refractivity contribution in [1.82, 2.24) is 18.8 Å². The predicted molar refractivity (Wildman–Crippen MR) is 227 cm³/mol. The summed E-state index contributed by atoms with van der Waals surface area (Å²) in [6.45, 7) is 7.65. The molecule has 16 heteroatoms. The van der Waals surface area contributed by atoms with E-state index in [1.807, 2.05) is 72.8 Å². The first-order valence-electron chi connectivity index (χ1n) is 19.2. The molecule has 0 spiro atoms. The fourth-order valence-electron chi connectivity index (χ4n) is 6.21. The normalized spacial score (nSPS) is 14.8. The van der Waals surface area contributed by atoms with Crippen LogP contribution in [0.25, 0.3) is 0 Å². The Morgan fingerprint density at radius 3 is 1.08 bits per heavy atom. The molecule has 14 nitrogen and oxygen atoms in total. The first-order chi connectivity index (χ1) is 28.0. The van der Waals surface area contributed by atoms with Crippen LogP contribution in [0.15, 0.2) is 97.1 Å². The van der Waals surface area contributed by atoms with E-state index in [-0.39, 0.29) is 31.4 Å². The second kappa shape index (κ2) is 19.9. The van der Waals surface area contributed by atoms with Crippen molar-refractivity contribution >= 4 is 26.1 Å². The van der Waals surface area contributed by atoms with Crippen molar-refractivity contribution in [2.24, 2.45) is 0 Å². The lowest BCUT2D eigenvalue weighted by Crippen LogP contribution is -2.60. The maximum absolute atomic E-state index is 13.5. The molecule has 4 aromatic carbocycles. The minimum Gasteiger partial charge on any atom is -0.497 e. The molecule has 2 saturated heterocycles. The van der Waals surface area contributed by atoms with E-state index in [0.717, 1.165) is 33.8 Å². The number of benzene rings is 4. The quantitative estimate of drug-likeness (QED) is 0.149. The average molecular weight is 853 g/mol. The molecule has 2 fully saturated rings. The number of methoxy groups -OCH3 is 4. The van der Waals surface area contributed by atoms with Crippen LogP contribution in [0.2, 0.25) is 0 Å². The summed E-state index contributed by atoms with van der Waals surface area (Å²) < 4.78 is 82.2. The third-order valence-electron chi connectivity index (χ3n) is 9.88. The Labute approximate surface area is 349 Å². The highest BCUT2D eigenvalue weighted by Gasteiger charge is 2.44. The molecule has 2 aliphatic heterocycles. The topological polar surface area (TPSA) is 153 Å². The van der Waals surface area contributed by atoms with Gasteiger partial charge in [-0.3, -0.25) is 0 Å². The van der Waals surface area contributed by atoms with Crippen molar-refractivity contribution in [1.29, 1.82) is 0 Å². The molecule has 6 rings (SSSR count). The van der Waals surface area contributed by atoms with Crippen LogP contribution < -0.4 is 24.3 Å². The largest absolute Gasteiger partial charge is 0.497 e. The second-order valence-corrected chi connectivity index (χ2v) is 19.7. The molecule has 0 unspecified atom stereocenters. The van der Waals surface area contributed by atoms with Gasteiger partial charge in [0.05, 0.1) is 28.4 Å². The van der Waals surface area contributed by atoms with Crippen LogP contribution in [0.1, 0.15) is 43.0 Å². The first kappa shape index (κ1) is 45.2. The molecule has 59 heavy (non-hydrogen) atoms. The third-order valence-corrected chi connectivity index (χ3v) is 14.2. The zero-order valence-electron chi connectivity index (χ0n) is 34.8. The predicted octanol–water partition coefficient (Wildman–Crippen LogP) is 5.66. The Morgan fingerprint density at radius 1 is 0.559 bits per heavy atom. The smallest absolute Gasteiger partial charge is 0.410 e. The fraction of sp³-hybridized carbons (Fsp3) is 0.419. The van der Waals surface area contributed by atoms with Gasteiger partial charge in [0.2, 0.25) is 20.0 Å². The van der Waals surface area contributed by atoms with Crippen molar-refractivity contribution < 1.29 is 45.3 Å². The van der Waals surface area contributed by atoms with Crippen LogP contribution in [0.3, 0.4) is 0 Å². The molecule has 0 radical (unpaired) electrons. The maximum atomic E-state index is 13.5. The van der Waals surface area contributed by atoms with Gasteiger partial charge in [-0.15, -0.1) is 0 Å². The van der Waals surface area contributed by atoms with E-state index < -0.39 is 37.0 Å². The third kappa shape index (κ3) is 12.3. The number of carbonyl (C=O) groups is 1. The van der Waals surface area contributed by atoms with Gasteiger partial charge >= 0.3 is 6.09 Å². The van der Waals surface area contributed by atoms with Crippen LogP contribution in [0.4, 0.5) is 4.79 Å². The molecular formula is C43H56N4O10S2. The lowest BCUT2D eigenvalue weighted by molar-refractivity contribution is 0.0135. The molecule has 320 valence electrons. The number of ether oxygens (including phenoxy) is 5. The van der Waals surface area contributed by atoms with Crippen molar-refractivity contribution in [2.75, 3.05) is 54.6 Å². The number of likely N-dealkylation sites (tertiary alicyclic amines) is 1. The number of hydrogen-bond donors (Lipinski definition) is 1. The second-order valence-electron chi connectivity index (χ2n) is 15.3. The highest BCUT2D eigenvalue weighted by molar-refractivity contribution is 7.90. The Balaban J connectivity index is 0.000000230. The van der Waals surface area contributed by atoms with E-state index >= 15 is 0 Å². The standard InChI is InChI=1S/C24H32N2O6S.C19H24N2O4S/c1-24(2,3)32-23(27)25-16-22(17-25)33(28,29)26(14-18-6-10-20(30-4)11-7-18)15-19-8-12-21(31-5)13-9-19;1-24-17-7-3-15(4-8-17)13-21(26(22,23)19-11-20-12-19)14-16-5-9-18(25-2)10-6-16/h6-13,22H,14-17H2,1-5H3;3-10,19-20H,11-14H2,1-2H3. The molecule has 0 aliphatic carbocycles. The van der Waals surface area contributed by atoms with E-state index in [4.69, 9.17) is 23.7 Å². The maximum Gasteiger partial charge on any atom is 0.410 e. The summed E-state index contributed by atoms with van der Waals surface area (Å²) in [5.74, 6) is 2.91. The molecule has 4 aromatic rings. The van der Waals surface area contributed by atoms with E-state index in [2.05, 4.69) is 5.32 Å². The molecule has 1 amide bonds. The molecular weight excluding hydrogens is 797 g/mol. The van der Waals surface area contributed by atoms with Gasteiger partial charge < -0.3 is 33.9 Å². The zero-order chi connectivity index (χ0) is 42.8. The Kier molecular flexibility index (Phi) is 15.3. The van der Waals surface area contributed by atoms with Gasteiger partial charge in [0, 0.05) is 52.4 Å². The van der Waals surface area contributed by atoms with Crippen LogP contribution in [0, 0.1) is 0 Å². The molecule has 1 N–H and O–H groups in total. The summed E-state index contributed by atoms with van der Waals surface area (Å²) in [7, 11) is -0.673. The van der Waals surface area contributed by atoms with Gasteiger partial charge in [0.15, 0.2) is 0 Å².